The normalized spacial score (nSPS) is 10.7. The molecule has 2 amide bonds. The molecule has 0 saturated heterocycles. The Hall–Kier alpha value is -2.38. The molecule has 2 heterocycles. The van der Waals surface area contributed by atoms with Gasteiger partial charge in [0.15, 0.2) is 10.9 Å². The molecule has 6 nitrogen and oxygen atoms in total. The molecule has 0 aliphatic rings. The highest BCUT2D eigenvalue weighted by Gasteiger charge is 2.10. The minimum absolute atomic E-state index is 0.142. The first-order valence-corrected chi connectivity index (χ1v) is 7.99. The van der Waals surface area contributed by atoms with Crippen molar-refractivity contribution in [3.63, 3.8) is 0 Å². The number of carbonyl (C=O) groups excluding carboxylic acids is 2. The second-order valence-electron chi connectivity index (χ2n) is 4.66. The Morgan fingerprint density at radius 2 is 2.17 bits per heavy atom. The van der Waals surface area contributed by atoms with Crippen LogP contribution in [0.2, 0.25) is 5.02 Å². The smallest absolute Gasteiger partial charge is 0.286 e. The average molecular weight is 350 g/mol. The van der Waals surface area contributed by atoms with Gasteiger partial charge in [-0.15, -0.1) is 0 Å². The van der Waals surface area contributed by atoms with Crippen LogP contribution in [0.3, 0.4) is 0 Å². The molecule has 0 unspecified atom stereocenters. The first kappa shape index (κ1) is 15.5. The van der Waals surface area contributed by atoms with Gasteiger partial charge in [0.1, 0.15) is 0 Å². The maximum absolute atomic E-state index is 11.9. The third kappa shape index (κ3) is 3.88. The lowest BCUT2D eigenvalue weighted by atomic mass is 10.3. The van der Waals surface area contributed by atoms with E-state index >= 15 is 0 Å². The van der Waals surface area contributed by atoms with Crippen molar-refractivity contribution in [1.82, 2.24) is 10.3 Å². The third-order valence-corrected chi connectivity index (χ3v) is 4.15. The number of hydrogen-bond donors (Lipinski definition) is 2. The number of benzene rings is 1. The van der Waals surface area contributed by atoms with Crippen LogP contribution in [0.15, 0.2) is 41.0 Å². The van der Waals surface area contributed by atoms with Gasteiger partial charge in [0, 0.05) is 18.0 Å². The molecule has 3 aromatic rings. The second kappa shape index (κ2) is 6.80. The van der Waals surface area contributed by atoms with E-state index in [9.17, 15) is 9.59 Å². The maximum atomic E-state index is 11.9. The minimum Gasteiger partial charge on any atom is -0.459 e. The zero-order chi connectivity index (χ0) is 16.2. The maximum Gasteiger partial charge on any atom is 0.286 e. The van der Waals surface area contributed by atoms with E-state index in [4.69, 9.17) is 16.0 Å². The van der Waals surface area contributed by atoms with E-state index < -0.39 is 0 Å². The third-order valence-electron chi connectivity index (χ3n) is 2.98. The topological polar surface area (TPSA) is 84.2 Å². The van der Waals surface area contributed by atoms with Crippen molar-refractivity contribution in [2.75, 3.05) is 11.9 Å². The SMILES string of the molecule is O=C(CCNC(=O)c1ccco1)Nc1nc2ccc(Cl)cc2s1. The van der Waals surface area contributed by atoms with Crippen molar-refractivity contribution in [2.45, 2.75) is 6.42 Å². The number of nitrogens with one attached hydrogen (secondary N) is 2. The number of rotatable bonds is 5. The molecule has 8 heteroatoms. The molecule has 3 rings (SSSR count). The Balaban J connectivity index is 1.51. The summed E-state index contributed by atoms with van der Waals surface area (Å²) >= 11 is 7.27. The average Bonchev–Trinajstić information content (AvgIpc) is 3.15. The van der Waals surface area contributed by atoms with E-state index in [-0.39, 0.29) is 30.5 Å². The minimum atomic E-state index is -0.350. The lowest BCUT2D eigenvalue weighted by molar-refractivity contribution is -0.116. The number of furan rings is 1. The van der Waals surface area contributed by atoms with Gasteiger partial charge in [-0.25, -0.2) is 4.98 Å². The second-order valence-corrected chi connectivity index (χ2v) is 6.13. The van der Waals surface area contributed by atoms with Gasteiger partial charge in [-0.2, -0.15) is 0 Å². The Morgan fingerprint density at radius 1 is 1.30 bits per heavy atom. The predicted octanol–water partition coefficient (Wildman–Crippen LogP) is 3.30. The summed E-state index contributed by atoms with van der Waals surface area (Å²) in [6, 6.07) is 8.53. The largest absolute Gasteiger partial charge is 0.459 e. The first-order chi connectivity index (χ1) is 11.1. The van der Waals surface area contributed by atoms with E-state index in [1.807, 2.05) is 0 Å². The summed E-state index contributed by atoms with van der Waals surface area (Å²) in [7, 11) is 0. The van der Waals surface area contributed by atoms with Gasteiger partial charge >= 0.3 is 0 Å². The number of aromatic nitrogens is 1. The molecule has 0 fully saturated rings. The van der Waals surface area contributed by atoms with Crippen LogP contribution < -0.4 is 10.6 Å². The molecule has 0 atom stereocenters. The highest BCUT2D eigenvalue weighted by Crippen LogP contribution is 2.28. The standard InChI is InChI=1S/C15H12ClN3O3S/c16-9-3-4-10-12(8-9)23-15(18-10)19-13(20)5-6-17-14(21)11-2-1-7-22-11/h1-4,7-8H,5-6H2,(H,17,21)(H,18,19,20). The summed E-state index contributed by atoms with van der Waals surface area (Å²) in [6.45, 7) is 0.210. The molecule has 0 aliphatic heterocycles. The molecule has 0 saturated carbocycles. The van der Waals surface area contributed by atoms with Crippen LogP contribution in [0.1, 0.15) is 17.0 Å². The highest BCUT2D eigenvalue weighted by molar-refractivity contribution is 7.22. The van der Waals surface area contributed by atoms with Gasteiger partial charge in [-0.05, 0) is 30.3 Å². The van der Waals surface area contributed by atoms with Crippen LogP contribution >= 0.6 is 22.9 Å². The van der Waals surface area contributed by atoms with Crippen molar-refractivity contribution in [3.8, 4) is 0 Å². The fourth-order valence-corrected chi connectivity index (χ4v) is 3.08. The number of anilines is 1. The van der Waals surface area contributed by atoms with E-state index in [0.29, 0.717) is 10.2 Å². The Labute approximate surface area is 140 Å². The zero-order valence-electron chi connectivity index (χ0n) is 11.8. The number of hydrogen-bond acceptors (Lipinski definition) is 5. The van der Waals surface area contributed by atoms with Crippen LogP contribution in [-0.2, 0) is 4.79 Å². The molecule has 118 valence electrons. The number of nitrogens with zero attached hydrogens (tertiary/aromatic N) is 1. The molecule has 23 heavy (non-hydrogen) atoms. The number of fused-ring (bicyclic) bond motifs is 1. The number of carbonyl (C=O) groups is 2. The van der Waals surface area contributed by atoms with E-state index in [1.54, 1.807) is 30.3 Å². The van der Waals surface area contributed by atoms with Crippen LogP contribution in [0.5, 0.6) is 0 Å². The number of halogens is 1. The van der Waals surface area contributed by atoms with E-state index in [0.717, 1.165) is 10.2 Å². The lowest BCUT2D eigenvalue weighted by Crippen LogP contribution is -2.27. The van der Waals surface area contributed by atoms with Gasteiger partial charge in [0.25, 0.3) is 5.91 Å². The number of amides is 2. The Bertz CT molecular complexity index is 845. The highest BCUT2D eigenvalue weighted by atomic mass is 35.5. The fraction of sp³-hybridized carbons (Fsp3) is 0.133. The van der Waals surface area contributed by atoms with Crippen molar-refractivity contribution in [1.29, 1.82) is 0 Å². The summed E-state index contributed by atoms with van der Waals surface area (Å²) in [5, 5.41) is 6.45. The molecular weight excluding hydrogens is 338 g/mol. The molecule has 1 aromatic carbocycles. The quantitative estimate of drug-likeness (QED) is 0.740. The van der Waals surface area contributed by atoms with Crippen LogP contribution in [0.4, 0.5) is 5.13 Å². The molecule has 0 bridgehead atoms. The predicted molar refractivity (Wildman–Crippen MR) is 88.9 cm³/mol. The molecule has 2 N–H and O–H groups in total. The summed E-state index contributed by atoms with van der Waals surface area (Å²) in [5.41, 5.74) is 0.779. The van der Waals surface area contributed by atoms with Crippen molar-refractivity contribution < 1.29 is 14.0 Å². The molecule has 2 aromatic heterocycles. The summed E-state index contributed by atoms with van der Waals surface area (Å²) in [4.78, 5) is 27.8. The first-order valence-electron chi connectivity index (χ1n) is 6.79. The van der Waals surface area contributed by atoms with Crippen LogP contribution in [-0.4, -0.2) is 23.3 Å². The zero-order valence-corrected chi connectivity index (χ0v) is 13.4. The summed E-state index contributed by atoms with van der Waals surface area (Å²) in [5.74, 6) is -0.360. The Morgan fingerprint density at radius 3 is 2.96 bits per heavy atom. The van der Waals surface area contributed by atoms with Crippen LogP contribution in [0.25, 0.3) is 10.2 Å². The summed E-state index contributed by atoms with van der Waals surface area (Å²) in [6.07, 6.45) is 1.56. The number of thiazole rings is 1. The fourth-order valence-electron chi connectivity index (χ4n) is 1.92. The summed E-state index contributed by atoms with van der Waals surface area (Å²) < 4.78 is 5.86. The molecule has 0 spiro atoms. The monoisotopic (exact) mass is 349 g/mol. The van der Waals surface area contributed by atoms with Gasteiger partial charge in [-0.3, -0.25) is 9.59 Å². The molecular formula is C15H12ClN3O3S. The van der Waals surface area contributed by atoms with Gasteiger partial charge in [0.2, 0.25) is 5.91 Å². The molecule has 0 radical (unpaired) electrons. The lowest BCUT2D eigenvalue weighted by Gasteiger charge is -2.03. The van der Waals surface area contributed by atoms with Gasteiger partial charge in [-0.1, -0.05) is 22.9 Å². The molecule has 0 aliphatic carbocycles. The Kier molecular flexibility index (Phi) is 4.59. The van der Waals surface area contributed by atoms with Crippen LogP contribution in [0, 0.1) is 0 Å². The van der Waals surface area contributed by atoms with Gasteiger partial charge in [0.05, 0.1) is 16.5 Å². The van der Waals surface area contributed by atoms with Crippen molar-refractivity contribution >= 4 is 50.1 Å². The van der Waals surface area contributed by atoms with Crippen molar-refractivity contribution in [3.05, 3.63) is 47.4 Å². The van der Waals surface area contributed by atoms with Gasteiger partial charge < -0.3 is 15.1 Å². The van der Waals surface area contributed by atoms with Crippen molar-refractivity contribution in [2.24, 2.45) is 0 Å². The van der Waals surface area contributed by atoms with E-state index in [1.165, 1.54) is 17.6 Å². The van der Waals surface area contributed by atoms with E-state index in [2.05, 4.69) is 15.6 Å².